The van der Waals surface area contributed by atoms with E-state index in [-0.39, 0.29) is 23.2 Å². The number of pyridine rings is 1. The lowest BCUT2D eigenvalue weighted by atomic mass is 9.98. The van der Waals surface area contributed by atoms with Crippen LogP contribution in [0.15, 0.2) is 32.2 Å². The van der Waals surface area contributed by atoms with E-state index in [4.69, 9.17) is 9.05 Å². The van der Waals surface area contributed by atoms with Crippen LogP contribution >= 0.6 is 0 Å². The number of nitrogens with zero attached hydrogens (tertiary/aromatic N) is 4. The standard InChI is InChI=1S/C18H19N5O4/c1-10-13(11(2)26-21-10)5-6-15(24)23-8-12(9-23)18-20-16(22-27-18)14-4-3-7-19-17(14)25/h3-4,7,12H,5-6,8-9H2,1-2H3,(H,19,25). The fraction of sp³-hybridized carbons (Fsp3) is 0.389. The zero-order chi connectivity index (χ0) is 19.0. The maximum Gasteiger partial charge on any atom is 0.259 e. The molecule has 0 aliphatic carbocycles. The van der Waals surface area contributed by atoms with Crippen LogP contribution in [0.4, 0.5) is 0 Å². The highest BCUT2D eigenvalue weighted by Crippen LogP contribution is 2.28. The number of aromatic amines is 1. The lowest BCUT2D eigenvalue weighted by Gasteiger charge is -2.37. The van der Waals surface area contributed by atoms with Crippen molar-refractivity contribution in [1.29, 1.82) is 0 Å². The van der Waals surface area contributed by atoms with Gasteiger partial charge in [-0.15, -0.1) is 0 Å². The maximum atomic E-state index is 12.4. The van der Waals surface area contributed by atoms with Gasteiger partial charge in [-0.2, -0.15) is 4.98 Å². The van der Waals surface area contributed by atoms with Crippen LogP contribution in [0, 0.1) is 13.8 Å². The van der Waals surface area contributed by atoms with Gasteiger partial charge in [-0.05, 0) is 32.4 Å². The number of likely N-dealkylation sites (tertiary alicyclic amines) is 1. The van der Waals surface area contributed by atoms with Gasteiger partial charge in [0.25, 0.3) is 5.56 Å². The Balaban J connectivity index is 1.34. The minimum absolute atomic E-state index is 0.00272. The van der Waals surface area contributed by atoms with Crippen LogP contribution in [0.5, 0.6) is 0 Å². The predicted octanol–water partition coefficient (Wildman–Crippen LogP) is 1.59. The Morgan fingerprint density at radius 1 is 1.30 bits per heavy atom. The summed E-state index contributed by atoms with van der Waals surface area (Å²) in [6.45, 7) is 4.80. The Labute approximate surface area is 154 Å². The van der Waals surface area contributed by atoms with E-state index in [1.807, 2.05) is 13.8 Å². The molecule has 1 aliphatic heterocycles. The largest absolute Gasteiger partial charge is 0.361 e. The lowest BCUT2D eigenvalue weighted by molar-refractivity contribution is -0.135. The first-order valence-electron chi connectivity index (χ1n) is 8.74. The smallest absolute Gasteiger partial charge is 0.259 e. The summed E-state index contributed by atoms with van der Waals surface area (Å²) < 4.78 is 10.4. The summed E-state index contributed by atoms with van der Waals surface area (Å²) in [5, 5.41) is 7.79. The molecule has 9 heteroatoms. The molecule has 1 saturated heterocycles. The summed E-state index contributed by atoms with van der Waals surface area (Å²) in [5.41, 5.74) is 1.92. The molecule has 27 heavy (non-hydrogen) atoms. The molecule has 3 aromatic heterocycles. The molecule has 1 aliphatic rings. The molecule has 1 N–H and O–H groups in total. The molecule has 140 valence electrons. The third kappa shape index (κ3) is 3.27. The Morgan fingerprint density at radius 3 is 2.81 bits per heavy atom. The van der Waals surface area contributed by atoms with Gasteiger partial charge < -0.3 is 18.9 Å². The molecular weight excluding hydrogens is 350 g/mol. The van der Waals surface area contributed by atoms with Crippen LogP contribution in [0.2, 0.25) is 0 Å². The number of rotatable bonds is 5. The summed E-state index contributed by atoms with van der Waals surface area (Å²) >= 11 is 0. The van der Waals surface area contributed by atoms with Crippen molar-refractivity contribution in [2.45, 2.75) is 32.6 Å². The molecule has 0 bridgehead atoms. The number of amides is 1. The normalized spacial score (nSPS) is 14.4. The van der Waals surface area contributed by atoms with E-state index >= 15 is 0 Å². The average molecular weight is 369 g/mol. The van der Waals surface area contributed by atoms with Gasteiger partial charge in [0.15, 0.2) is 0 Å². The minimum Gasteiger partial charge on any atom is -0.361 e. The second-order valence-electron chi connectivity index (χ2n) is 6.67. The number of hydrogen-bond donors (Lipinski definition) is 1. The molecule has 9 nitrogen and oxygen atoms in total. The van der Waals surface area contributed by atoms with Crippen molar-refractivity contribution in [3.63, 3.8) is 0 Å². The lowest BCUT2D eigenvalue weighted by Crippen LogP contribution is -2.48. The molecule has 4 rings (SSSR count). The maximum absolute atomic E-state index is 12.4. The molecule has 1 amide bonds. The number of hydrogen-bond acceptors (Lipinski definition) is 7. The number of carbonyl (C=O) groups excluding carboxylic acids is 1. The fourth-order valence-corrected chi connectivity index (χ4v) is 3.20. The first kappa shape index (κ1) is 17.2. The van der Waals surface area contributed by atoms with Crippen molar-refractivity contribution in [2.75, 3.05) is 13.1 Å². The van der Waals surface area contributed by atoms with Crippen molar-refractivity contribution >= 4 is 5.91 Å². The van der Waals surface area contributed by atoms with E-state index in [1.165, 1.54) is 0 Å². The monoisotopic (exact) mass is 369 g/mol. The van der Waals surface area contributed by atoms with Gasteiger partial charge in [0.2, 0.25) is 17.6 Å². The first-order valence-corrected chi connectivity index (χ1v) is 8.74. The van der Waals surface area contributed by atoms with Crippen LogP contribution in [-0.2, 0) is 11.2 Å². The second kappa shape index (κ2) is 6.82. The van der Waals surface area contributed by atoms with Gasteiger partial charge >= 0.3 is 0 Å². The second-order valence-corrected chi connectivity index (χ2v) is 6.67. The summed E-state index contributed by atoms with van der Waals surface area (Å²) in [6, 6.07) is 3.34. The van der Waals surface area contributed by atoms with Crippen LogP contribution in [0.25, 0.3) is 11.4 Å². The van der Waals surface area contributed by atoms with Gasteiger partial charge in [0.1, 0.15) is 5.76 Å². The van der Waals surface area contributed by atoms with Crippen molar-refractivity contribution in [3.05, 3.63) is 51.6 Å². The average Bonchev–Trinajstić information content (AvgIpc) is 3.20. The fourth-order valence-electron chi connectivity index (χ4n) is 3.20. The Morgan fingerprint density at radius 2 is 2.11 bits per heavy atom. The summed E-state index contributed by atoms with van der Waals surface area (Å²) in [4.78, 5) is 32.8. The number of nitrogens with one attached hydrogen (secondary N) is 1. The van der Waals surface area contributed by atoms with E-state index in [0.29, 0.717) is 37.4 Å². The predicted molar refractivity (Wildman–Crippen MR) is 94.0 cm³/mol. The van der Waals surface area contributed by atoms with E-state index in [1.54, 1.807) is 23.2 Å². The third-order valence-corrected chi connectivity index (χ3v) is 4.85. The molecule has 1 fully saturated rings. The van der Waals surface area contributed by atoms with Gasteiger partial charge in [0.05, 0.1) is 17.2 Å². The van der Waals surface area contributed by atoms with E-state index in [9.17, 15) is 9.59 Å². The molecule has 0 aromatic carbocycles. The van der Waals surface area contributed by atoms with Gasteiger partial charge in [-0.3, -0.25) is 9.59 Å². The Kier molecular flexibility index (Phi) is 4.35. The first-order chi connectivity index (χ1) is 13.0. The van der Waals surface area contributed by atoms with Gasteiger partial charge in [-0.25, -0.2) is 0 Å². The van der Waals surface area contributed by atoms with Gasteiger partial charge in [0, 0.05) is 31.3 Å². The highest BCUT2D eigenvalue weighted by Gasteiger charge is 2.35. The summed E-state index contributed by atoms with van der Waals surface area (Å²) in [6.07, 6.45) is 2.57. The van der Waals surface area contributed by atoms with Crippen LogP contribution in [0.1, 0.15) is 35.2 Å². The van der Waals surface area contributed by atoms with Crippen LogP contribution in [0.3, 0.4) is 0 Å². The molecule has 0 saturated carbocycles. The van der Waals surface area contributed by atoms with E-state index in [2.05, 4.69) is 20.3 Å². The number of carbonyl (C=O) groups is 1. The topological polar surface area (TPSA) is 118 Å². The molecular formula is C18H19N5O4. The molecule has 0 spiro atoms. The Hall–Kier alpha value is -3.23. The number of aromatic nitrogens is 4. The van der Waals surface area contributed by atoms with Crippen molar-refractivity contribution in [1.82, 2.24) is 25.2 Å². The van der Waals surface area contributed by atoms with Crippen LogP contribution < -0.4 is 5.56 Å². The molecule has 0 radical (unpaired) electrons. The molecule has 3 aromatic rings. The molecule has 0 atom stereocenters. The quantitative estimate of drug-likeness (QED) is 0.725. The number of H-pyrrole nitrogens is 1. The van der Waals surface area contributed by atoms with E-state index < -0.39 is 0 Å². The number of aryl methyl sites for hydroxylation is 2. The third-order valence-electron chi connectivity index (χ3n) is 4.85. The summed E-state index contributed by atoms with van der Waals surface area (Å²) in [5.74, 6) is 1.54. The van der Waals surface area contributed by atoms with Crippen LogP contribution in [-0.4, -0.2) is 44.2 Å². The minimum atomic E-state index is -0.269. The summed E-state index contributed by atoms with van der Waals surface area (Å²) in [7, 11) is 0. The van der Waals surface area contributed by atoms with E-state index in [0.717, 1.165) is 17.0 Å². The van der Waals surface area contributed by atoms with Crippen molar-refractivity contribution < 1.29 is 13.8 Å². The molecule has 0 unspecified atom stereocenters. The van der Waals surface area contributed by atoms with Crippen molar-refractivity contribution in [3.8, 4) is 11.4 Å². The SMILES string of the molecule is Cc1noc(C)c1CCC(=O)N1CC(c2nc(-c3ccc[nH]c3=O)no2)C1. The van der Waals surface area contributed by atoms with Crippen molar-refractivity contribution in [2.24, 2.45) is 0 Å². The highest BCUT2D eigenvalue weighted by atomic mass is 16.5. The zero-order valence-corrected chi connectivity index (χ0v) is 15.1. The molecule has 4 heterocycles. The Bertz CT molecular complexity index is 1010. The zero-order valence-electron chi connectivity index (χ0n) is 15.1. The van der Waals surface area contributed by atoms with Gasteiger partial charge in [-0.1, -0.05) is 10.3 Å². The highest BCUT2D eigenvalue weighted by molar-refractivity contribution is 5.77.